The van der Waals surface area contributed by atoms with E-state index in [2.05, 4.69) is 0 Å². The Hall–Kier alpha value is -0.830. The zero-order valence-corrected chi connectivity index (χ0v) is 11.0. The highest BCUT2D eigenvalue weighted by atomic mass is 32.2. The predicted molar refractivity (Wildman–Crippen MR) is 60.6 cm³/mol. The first kappa shape index (κ1) is 17.2. The van der Waals surface area contributed by atoms with Crippen LogP contribution in [0.2, 0.25) is 0 Å². The van der Waals surface area contributed by atoms with Crippen LogP contribution in [0.5, 0.6) is 0 Å². The molecule has 2 N–H and O–H groups in total. The lowest BCUT2D eigenvalue weighted by Crippen LogP contribution is -2.47. The predicted octanol–water partition coefficient (Wildman–Crippen LogP) is 0.159. The van der Waals surface area contributed by atoms with Crippen molar-refractivity contribution >= 4 is 15.7 Å². The maximum Gasteiger partial charge on any atom is 0.406 e. The second-order valence-corrected chi connectivity index (χ2v) is 6.25. The summed E-state index contributed by atoms with van der Waals surface area (Å²) in [5.74, 6) is -1.22. The van der Waals surface area contributed by atoms with E-state index in [0.29, 0.717) is 4.90 Å². The van der Waals surface area contributed by atoms with Crippen LogP contribution >= 0.6 is 0 Å². The van der Waals surface area contributed by atoms with Gasteiger partial charge in [-0.1, -0.05) is 0 Å². The van der Waals surface area contributed by atoms with Gasteiger partial charge in [-0.3, -0.25) is 4.79 Å². The average Bonchev–Trinajstić information content (AvgIpc) is 2.19. The number of sulfone groups is 1. The molecule has 0 bridgehead atoms. The molecule has 0 aliphatic rings. The van der Waals surface area contributed by atoms with Crippen LogP contribution in [0, 0.1) is 0 Å². The molecule has 1 unspecified atom stereocenters. The van der Waals surface area contributed by atoms with Gasteiger partial charge < -0.3 is 10.6 Å². The lowest BCUT2D eigenvalue weighted by molar-refractivity contribution is -0.161. The van der Waals surface area contributed by atoms with Crippen molar-refractivity contribution in [1.82, 2.24) is 4.90 Å². The maximum atomic E-state index is 12.2. The zero-order chi connectivity index (χ0) is 14.6. The van der Waals surface area contributed by atoms with E-state index in [1.807, 2.05) is 0 Å². The quantitative estimate of drug-likeness (QED) is 0.755. The third-order valence-electron chi connectivity index (χ3n) is 2.18. The van der Waals surface area contributed by atoms with Gasteiger partial charge in [0.15, 0.2) is 0 Å². The maximum absolute atomic E-state index is 12.2. The van der Waals surface area contributed by atoms with Gasteiger partial charge in [0.2, 0.25) is 5.91 Å². The fourth-order valence-corrected chi connectivity index (χ4v) is 1.94. The van der Waals surface area contributed by atoms with Crippen LogP contribution in [0.4, 0.5) is 13.2 Å². The number of alkyl halides is 3. The zero-order valence-electron chi connectivity index (χ0n) is 10.2. The Labute approximate surface area is 104 Å². The van der Waals surface area contributed by atoms with Gasteiger partial charge in [0.1, 0.15) is 16.4 Å². The summed E-state index contributed by atoms with van der Waals surface area (Å²) in [6, 6.07) is -1.23. The van der Waals surface area contributed by atoms with Crippen LogP contribution in [0.15, 0.2) is 0 Å². The number of hydrogen-bond donors (Lipinski definition) is 1. The Bertz CT molecular complexity index is 381. The molecule has 9 heteroatoms. The monoisotopic (exact) mass is 290 g/mol. The Morgan fingerprint density at radius 3 is 2.22 bits per heavy atom. The summed E-state index contributed by atoms with van der Waals surface area (Å²) in [4.78, 5) is 12.1. The van der Waals surface area contributed by atoms with E-state index >= 15 is 0 Å². The molecule has 1 amide bonds. The van der Waals surface area contributed by atoms with Crippen LogP contribution in [0.25, 0.3) is 0 Å². The molecule has 0 fully saturated rings. The van der Waals surface area contributed by atoms with Crippen molar-refractivity contribution in [2.75, 3.05) is 25.1 Å². The van der Waals surface area contributed by atoms with Crippen LogP contribution in [-0.4, -0.2) is 56.5 Å². The minimum Gasteiger partial charge on any atom is -0.333 e. The lowest BCUT2D eigenvalue weighted by atomic mass is 10.2. The molecule has 0 saturated heterocycles. The molecule has 0 radical (unpaired) electrons. The van der Waals surface area contributed by atoms with Gasteiger partial charge in [0.25, 0.3) is 0 Å². The molecule has 5 nitrogen and oxygen atoms in total. The van der Waals surface area contributed by atoms with E-state index in [1.165, 1.54) is 6.92 Å². The molecule has 0 rings (SSSR count). The third kappa shape index (κ3) is 7.49. The smallest absolute Gasteiger partial charge is 0.333 e. The van der Waals surface area contributed by atoms with Crippen molar-refractivity contribution < 1.29 is 26.4 Å². The van der Waals surface area contributed by atoms with Crippen LogP contribution in [0.1, 0.15) is 13.3 Å². The van der Waals surface area contributed by atoms with Crippen molar-refractivity contribution in [3.05, 3.63) is 0 Å². The molecule has 0 aromatic heterocycles. The van der Waals surface area contributed by atoms with E-state index in [0.717, 1.165) is 6.26 Å². The molecule has 108 valence electrons. The SMILES string of the molecule is CCN(CC(F)(F)F)C(=O)C(N)CCS(C)(=O)=O. The van der Waals surface area contributed by atoms with Gasteiger partial charge in [-0.05, 0) is 13.3 Å². The third-order valence-corrected chi connectivity index (χ3v) is 3.16. The van der Waals surface area contributed by atoms with E-state index in [9.17, 15) is 26.4 Å². The highest BCUT2D eigenvalue weighted by Gasteiger charge is 2.33. The van der Waals surface area contributed by atoms with Crippen molar-refractivity contribution in [2.24, 2.45) is 5.73 Å². The molecule has 0 spiro atoms. The minimum absolute atomic E-state index is 0.134. The summed E-state index contributed by atoms with van der Waals surface area (Å²) >= 11 is 0. The molecule has 0 aliphatic carbocycles. The summed E-state index contributed by atoms with van der Waals surface area (Å²) in [6.45, 7) is -0.118. The van der Waals surface area contributed by atoms with Crippen molar-refractivity contribution in [2.45, 2.75) is 25.6 Å². The summed E-state index contributed by atoms with van der Waals surface area (Å²) < 4.78 is 58.2. The van der Waals surface area contributed by atoms with E-state index in [-0.39, 0.29) is 18.7 Å². The number of rotatable bonds is 6. The molecular formula is C9H17F3N2O3S. The van der Waals surface area contributed by atoms with E-state index < -0.39 is 34.5 Å². The molecule has 0 heterocycles. The normalized spacial score (nSPS) is 14.3. The van der Waals surface area contributed by atoms with E-state index in [1.54, 1.807) is 0 Å². The van der Waals surface area contributed by atoms with Gasteiger partial charge >= 0.3 is 6.18 Å². The largest absolute Gasteiger partial charge is 0.406 e. The van der Waals surface area contributed by atoms with Crippen molar-refractivity contribution in [3.63, 3.8) is 0 Å². The van der Waals surface area contributed by atoms with Crippen molar-refractivity contribution in [1.29, 1.82) is 0 Å². The van der Waals surface area contributed by atoms with Crippen LogP contribution in [0.3, 0.4) is 0 Å². The first-order chi connectivity index (χ1) is 7.96. The number of amides is 1. The second-order valence-electron chi connectivity index (χ2n) is 3.99. The summed E-state index contributed by atoms with van der Waals surface area (Å²) in [5, 5.41) is 0. The Balaban J connectivity index is 4.50. The topological polar surface area (TPSA) is 80.5 Å². The van der Waals surface area contributed by atoms with E-state index in [4.69, 9.17) is 5.73 Å². The van der Waals surface area contributed by atoms with Gasteiger partial charge in [0.05, 0.1) is 11.8 Å². The summed E-state index contributed by atoms with van der Waals surface area (Å²) in [7, 11) is -3.29. The Kier molecular flexibility index (Phi) is 6.08. The van der Waals surface area contributed by atoms with Gasteiger partial charge in [-0.2, -0.15) is 13.2 Å². The molecule has 0 aliphatic heterocycles. The molecule has 0 aromatic rings. The number of carbonyl (C=O) groups is 1. The molecule has 18 heavy (non-hydrogen) atoms. The van der Waals surface area contributed by atoms with Gasteiger partial charge in [-0.15, -0.1) is 0 Å². The summed E-state index contributed by atoms with van der Waals surface area (Å²) in [5.41, 5.74) is 5.40. The average molecular weight is 290 g/mol. The van der Waals surface area contributed by atoms with Gasteiger partial charge in [-0.25, -0.2) is 8.42 Å². The first-order valence-electron chi connectivity index (χ1n) is 5.25. The van der Waals surface area contributed by atoms with Gasteiger partial charge in [0, 0.05) is 12.8 Å². The Morgan fingerprint density at radius 2 is 1.89 bits per heavy atom. The minimum atomic E-state index is -4.50. The number of carbonyl (C=O) groups excluding carboxylic acids is 1. The highest BCUT2D eigenvalue weighted by molar-refractivity contribution is 7.90. The summed E-state index contributed by atoms with van der Waals surface area (Å²) in [6.07, 6.45) is -3.72. The van der Waals surface area contributed by atoms with Crippen LogP contribution < -0.4 is 5.73 Å². The highest BCUT2D eigenvalue weighted by Crippen LogP contribution is 2.17. The first-order valence-corrected chi connectivity index (χ1v) is 7.31. The molecule has 0 saturated carbocycles. The number of halogens is 3. The fourth-order valence-electron chi connectivity index (χ4n) is 1.26. The fraction of sp³-hybridized carbons (Fsp3) is 0.889. The number of nitrogens with two attached hydrogens (primary N) is 1. The lowest BCUT2D eigenvalue weighted by Gasteiger charge is -2.25. The molecule has 1 atom stereocenters. The number of hydrogen-bond acceptors (Lipinski definition) is 4. The van der Waals surface area contributed by atoms with Crippen LogP contribution in [-0.2, 0) is 14.6 Å². The second kappa shape index (κ2) is 6.37. The number of nitrogens with zero attached hydrogens (tertiary/aromatic N) is 1. The molecular weight excluding hydrogens is 273 g/mol. The van der Waals surface area contributed by atoms with Crippen molar-refractivity contribution in [3.8, 4) is 0 Å². The standard InChI is InChI=1S/C9H17F3N2O3S/c1-3-14(6-9(10,11)12)8(15)7(13)4-5-18(2,16)17/h7H,3-6,13H2,1-2H3. The Morgan fingerprint density at radius 1 is 1.39 bits per heavy atom. The number of likely N-dealkylation sites (N-methyl/N-ethyl adjacent to an activating group) is 1. The molecule has 0 aromatic carbocycles.